The number of aliphatic carboxylic acids is 1. The lowest BCUT2D eigenvalue weighted by molar-refractivity contribution is -0.138. The van der Waals surface area contributed by atoms with Crippen LogP contribution in [0.5, 0.6) is 5.75 Å². The number of anilines is 1. The first kappa shape index (κ1) is 27.2. The lowest BCUT2D eigenvalue weighted by Gasteiger charge is -2.20. The fourth-order valence-electron chi connectivity index (χ4n) is 3.09. The average Bonchev–Trinajstić information content (AvgIpc) is 2.72. The third-order valence-electron chi connectivity index (χ3n) is 4.58. The highest BCUT2D eigenvalue weighted by molar-refractivity contribution is 6.30. The van der Waals surface area contributed by atoms with Crippen LogP contribution in [0.2, 0.25) is 5.02 Å². The smallest absolute Gasteiger partial charge is 0.416 e. The van der Waals surface area contributed by atoms with Gasteiger partial charge in [0.15, 0.2) is 0 Å². The van der Waals surface area contributed by atoms with E-state index in [2.05, 4.69) is 10.6 Å². The molecule has 0 heterocycles. The Morgan fingerprint density at radius 1 is 1.11 bits per heavy atom. The summed E-state index contributed by atoms with van der Waals surface area (Å²) in [6.45, 7) is 0.769. The van der Waals surface area contributed by atoms with Crippen molar-refractivity contribution in [3.8, 4) is 5.75 Å². The third kappa shape index (κ3) is 7.78. The van der Waals surface area contributed by atoms with E-state index in [1.165, 1.54) is 19.1 Å². The molecule has 7 N–H and O–H groups in total. The maximum absolute atomic E-state index is 13.1. The van der Waals surface area contributed by atoms with E-state index in [1.807, 2.05) is 5.32 Å². The number of primary amides is 1. The van der Waals surface area contributed by atoms with Crippen LogP contribution in [0.3, 0.4) is 0 Å². The second-order valence-corrected chi connectivity index (χ2v) is 7.78. The highest BCUT2D eigenvalue weighted by atomic mass is 35.5. The maximum atomic E-state index is 13.1. The highest BCUT2D eigenvalue weighted by Crippen LogP contribution is 2.33. The van der Waals surface area contributed by atoms with Gasteiger partial charge in [-0.1, -0.05) is 11.6 Å². The zero-order valence-corrected chi connectivity index (χ0v) is 18.8. The number of hydrogen-bond acceptors (Lipinski definition) is 5. The molecule has 10 nitrogen and oxygen atoms in total. The van der Waals surface area contributed by atoms with Gasteiger partial charge < -0.3 is 31.9 Å². The lowest BCUT2D eigenvalue weighted by Crippen LogP contribution is -2.39. The van der Waals surface area contributed by atoms with E-state index in [9.17, 15) is 37.5 Å². The minimum atomic E-state index is -4.84. The second kappa shape index (κ2) is 11.0. The molecule has 4 amide bonds. The number of carboxylic acids is 1. The van der Waals surface area contributed by atoms with Crippen molar-refractivity contribution in [1.29, 1.82) is 0 Å². The molecule has 2 aromatic carbocycles. The zero-order chi connectivity index (χ0) is 26.5. The largest absolute Gasteiger partial charge is 0.507 e. The van der Waals surface area contributed by atoms with Gasteiger partial charge in [0.2, 0.25) is 5.91 Å². The molecule has 2 rings (SSSR count). The number of carboxylic acid groups (broad SMARTS) is 1. The number of phenolic OH excluding ortho intramolecular Hbond substituents is 1. The molecule has 0 radical (unpaired) electrons. The van der Waals surface area contributed by atoms with Crippen molar-refractivity contribution in [1.82, 2.24) is 10.6 Å². The van der Waals surface area contributed by atoms with E-state index in [4.69, 9.17) is 22.4 Å². The molecule has 1 atom stereocenters. The Hall–Kier alpha value is -4.00. The predicted molar refractivity (Wildman–Crippen MR) is 118 cm³/mol. The Morgan fingerprint density at radius 2 is 1.77 bits per heavy atom. The fourth-order valence-corrected chi connectivity index (χ4v) is 3.37. The minimum absolute atomic E-state index is 0.0251. The van der Waals surface area contributed by atoms with Gasteiger partial charge in [-0.05, 0) is 42.8 Å². The third-order valence-corrected chi connectivity index (χ3v) is 4.80. The van der Waals surface area contributed by atoms with E-state index in [0.29, 0.717) is 17.7 Å². The summed E-state index contributed by atoms with van der Waals surface area (Å²) in [7, 11) is 0. The molecule has 0 aromatic heterocycles. The summed E-state index contributed by atoms with van der Waals surface area (Å²) in [5.41, 5.74) is 3.10. The predicted octanol–water partition coefficient (Wildman–Crippen LogP) is 2.93. The first-order valence-electron chi connectivity index (χ1n) is 9.74. The lowest BCUT2D eigenvalue weighted by atomic mass is 10.00. The number of carbonyl (C=O) groups is 4. The quantitative estimate of drug-likeness (QED) is 0.315. The summed E-state index contributed by atoms with van der Waals surface area (Å²) in [5, 5.41) is 26.0. The fraction of sp³-hybridized carbons (Fsp3) is 0.238. The van der Waals surface area contributed by atoms with Gasteiger partial charge in [0.1, 0.15) is 5.75 Å². The van der Waals surface area contributed by atoms with E-state index < -0.39 is 65.8 Å². The second-order valence-electron chi connectivity index (χ2n) is 7.35. The Labute approximate surface area is 201 Å². The molecule has 2 aromatic rings. The molecule has 0 saturated heterocycles. The van der Waals surface area contributed by atoms with Gasteiger partial charge in [0.25, 0.3) is 5.91 Å². The van der Waals surface area contributed by atoms with E-state index in [0.717, 1.165) is 6.07 Å². The maximum Gasteiger partial charge on any atom is 0.416 e. The Bertz CT molecular complexity index is 1170. The summed E-state index contributed by atoms with van der Waals surface area (Å²) in [5.74, 6) is -3.59. The summed E-state index contributed by atoms with van der Waals surface area (Å²) in [4.78, 5) is 47.0. The Morgan fingerprint density at radius 3 is 2.34 bits per heavy atom. The van der Waals surface area contributed by atoms with Crippen molar-refractivity contribution in [3.05, 3.63) is 57.6 Å². The monoisotopic (exact) mass is 516 g/mol. The number of rotatable bonds is 8. The van der Waals surface area contributed by atoms with Gasteiger partial charge in [0, 0.05) is 21.8 Å². The van der Waals surface area contributed by atoms with Crippen LogP contribution < -0.4 is 21.7 Å². The van der Waals surface area contributed by atoms with Crippen LogP contribution in [-0.2, 0) is 15.8 Å². The molecule has 0 aliphatic carbocycles. The molecule has 1 unspecified atom stereocenters. The number of nitrogens with two attached hydrogens (primary N) is 1. The Kier molecular flexibility index (Phi) is 8.52. The van der Waals surface area contributed by atoms with Gasteiger partial charge in [-0.25, -0.2) is 4.79 Å². The first-order chi connectivity index (χ1) is 16.2. The number of aryl methyl sites for hydroxylation is 1. The molecule has 0 bridgehead atoms. The van der Waals surface area contributed by atoms with E-state index in [1.54, 1.807) is 0 Å². The summed E-state index contributed by atoms with van der Waals surface area (Å²) in [6.07, 6.45) is -5.48. The van der Waals surface area contributed by atoms with Crippen molar-refractivity contribution >= 4 is 41.1 Å². The number of carbonyl (C=O) groups excluding carboxylic acids is 3. The minimum Gasteiger partial charge on any atom is -0.507 e. The van der Waals surface area contributed by atoms with Crippen molar-refractivity contribution in [2.45, 2.75) is 25.6 Å². The molecule has 188 valence electrons. The zero-order valence-electron chi connectivity index (χ0n) is 18.0. The van der Waals surface area contributed by atoms with Crippen molar-refractivity contribution in [2.75, 3.05) is 11.9 Å². The van der Waals surface area contributed by atoms with Crippen molar-refractivity contribution < 1.29 is 42.6 Å². The van der Waals surface area contributed by atoms with Crippen LogP contribution in [0.4, 0.5) is 23.7 Å². The molecular weight excluding hydrogens is 497 g/mol. The Balaban J connectivity index is 2.19. The summed E-state index contributed by atoms with van der Waals surface area (Å²) in [6, 6.07) is 2.33. The van der Waals surface area contributed by atoms with Crippen LogP contribution in [-0.4, -0.2) is 40.6 Å². The number of benzene rings is 2. The molecule has 0 fully saturated rings. The van der Waals surface area contributed by atoms with Crippen LogP contribution in [0.25, 0.3) is 0 Å². The van der Waals surface area contributed by atoms with Crippen molar-refractivity contribution in [2.24, 2.45) is 5.73 Å². The SMILES string of the molecule is Cc1cc(Cl)cc(C(CC(=O)O)NC(=O)CNC(=O)c2cc(NC(N)=O)cc(C(F)(F)F)c2)c1O. The number of nitrogens with one attached hydrogen (secondary N) is 3. The van der Waals surface area contributed by atoms with Crippen molar-refractivity contribution in [3.63, 3.8) is 0 Å². The van der Waals surface area contributed by atoms with Crippen LogP contribution in [0.1, 0.15) is 39.5 Å². The molecular formula is C21H20ClF3N4O6. The van der Waals surface area contributed by atoms with Gasteiger partial charge >= 0.3 is 18.2 Å². The molecule has 14 heteroatoms. The molecule has 0 spiro atoms. The van der Waals surface area contributed by atoms with E-state index >= 15 is 0 Å². The van der Waals surface area contributed by atoms with Gasteiger partial charge in [-0.2, -0.15) is 13.2 Å². The van der Waals surface area contributed by atoms with Crippen LogP contribution in [0, 0.1) is 6.92 Å². The van der Waals surface area contributed by atoms with Gasteiger partial charge in [-0.15, -0.1) is 0 Å². The summed E-state index contributed by atoms with van der Waals surface area (Å²) < 4.78 is 39.4. The normalized spacial score (nSPS) is 11.9. The van der Waals surface area contributed by atoms with Crippen LogP contribution >= 0.6 is 11.6 Å². The number of urea groups is 1. The van der Waals surface area contributed by atoms with E-state index in [-0.39, 0.29) is 16.3 Å². The summed E-state index contributed by atoms with van der Waals surface area (Å²) >= 11 is 5.96. The van der Waals surface area contributed by atoms with Crippen LogP contribution in [0.15, 0.2) is 30.3 Å². The average molecular weight is 517 g/mol. The molecule has 35 heavy (non-hydrogen) atoms. The number of hydrogen-bond donors (Lipinski definition) is 6. The number of amides is 4. The number of phenols is 1. The number of aromatic hydroxyl groups is 1. The number of halogens is 4. The number of alkyl halides is 3. The molecule has 0 aliphatic heterocycles. The molecule has 0 saturated carbocycles. The highest BCUT2D eigenvalue weighted by Gasteiger charge is 2.32. The molecule has 0 aliphatic rings. The standard InChI is InChI=1S/C21H20ClF3N4O6/c1-9-2-12(22)6-14(18(9)33)15(7-17(31)32)29-16(30)8-27-19(34)10-3-11(21(23,24)25)5-13(4-10)28-20(26)35/h2-6,15,33H,7-8H2,1H3,(H,27,34)(H,29,30)(H,31,32)(H3,26,28,35). The van der Waals surface area contributed by atoms with Gasteiger partial charge in [-0.3, -0.25) is 14.4 Å². The topological polar surface area (TPSA) is 171 Å². The first-order valence-corrected chi connectivity index (χ1v) is 10.1. The van der Waals surface area contributed by atoms with Gasteiger partial charge in [0.05, 0.1) is 24.6 Å².